The molecule has 0 spiro atoms. The van der Waals surface area contributed by atoms with Crippen molar-refractivity contribution < 1.29 is 8.85 Å². The summed E-state index contributed by atoms with van der Waals surface area (Å²) in [6.45, 7) is 0. The predicted molar refractivity (Wildman–Crippen MR) is 62.1 cm³/mol. The van der Waals surface area contributed by atoms with Gasteiger partial charge in [0.2, 0.25) is 0 Å². The Morgan fingerprint density at radius 1 is 1.14 bits per heavy atom. The van der Waals surface area contributed by atoms with Gasteiger partial charge in [0.1, 0.15) is 0 Å². The topological polar surface area (TPSA) is 44.5 Å². The average molecular weight is 221 g/mol. The van der Waals surface area contributed by atoms with Crippen LogP contribution < -0.4 is 10.9 Å². The number of nitrogens with two attached hydrogens (primary N) is 1. The van der Waals surface area contributed by atoms with E-state index in [1.165, 1.54) is 0 Å². The van der Waals surface area contributed by atoms with Gasteiger partial charge in [0, 0.05) is 20.4 Å². The van der Waals surface area contributed by atoms with Crippen molar-refractivity contribution in [3.8, 4) is 0 Å². The number of hydrogen-bond acceptors (Lipinski definition) is 3. The van der Waals surface area contributed by atoms with Crippen LogP contribution in [-0.4, -0.2) is 58.5 Å². The van der Waals surface area contributed by atoms with Crippen LogP contribution >= 0.6 is 0 Å². The van der Waals surface area contributed by atoms with Crippen molar-refractivity contribution in [2.45, 2.75) is 0 Å². The summed E-state index contributed by atoms with van der Waals surface area (Å²) in [4.78, 5) is 0. The van der Waals surface area contributed by atoms with Gasteiger partial charge in [-0.1, -0.05) is 30.3 Å². The summed E-state index contributed by atoms with van der Waals surface area (Å²) >= 11 is 0. The summed E-state index contributed by atoms with van der Waals surface area (Å²) in [6.07, 6.45) is 0.435. The van der Waals surface area contributed by atoms with E-state index in [1.807, 2.05) is 30.3 Å². The van der Waals surface area contributed by atoms with E-state index in [-0.39, 0.29) is 29.6 Å². The second-order valence-electron chi connectivity index (χ2n) is 2.73. The van der Waals surface area contributed by atoms with Crippen molar-refractivity contribution in [2.24, 2.45) is 5.73 Å². The molecule has 0 aliphatic carbocycles. The van der Waals surface area contributed by atoms with Gasteiger partial charge in [-0.15, -0.1) is 0 Å². The monoisotopic (exact) mass is 221 g/mol. The molecule has 3 nitrogen and oxygen atoms in total. The van der Waals surface area contributed by atoms with E-state index in [9.17, 15) is 0 Å². The predicted octanol–water partition coefficient (Wildman–Crippen LogP) is -0.522. The molecule has 0 aromatic heterocycles. The molecule has 2 N–H and O–H groups in total. The van der Waals surface area contributed by atoms with Crippen LogP contribution in [0.3, 0.4) is 0 Å². The van der Waals surface area contributed by atoms with Crippen molar-refractivity contribution in [1.82, 2.24) is 0 Å². The minimum absolute atomic E-state index is 0. The van der Waals surface area contributed by atoms with Gasteiger partial charge in [-0.05, 0) is 5.19 Å². The molecule has 1 aromatic carbocycles. The number of hydrogen-bond donors (Lipinski definition) is 1. The Morgan fingerprint density at radius 2 is 1.64 bits per heavy atom. The zero-order valence-corrected chi connectivity index (χ0v) is 8.99. The van der Waals surface area contributed by atoms with Crippen LogP contribution in [0.5, 0.6) is 0 Å². The molecule has 1 rings (SSSR count). The molecule has 0 aliphatic rings. The van der Waals surface area contributed by atoms with Crippen LogP contribution in [0.1, 0.15) is 0 Å². The molecule has 0 saturated heterocycles. The van der Waals surface area contributed by atoms with Crippen molar-refractivity contribution >= 4 is 43.3 Å². The second kappa shape index (κ2) is 6.74. The van der Waals surface area contributed by atoms with Gasteiger partial charge in [0.05, 0.1) is 0 Å². The van der Waals surface area contributed by atoms with Crippen molar-refractivity contribution in [3.63, 3.8) is 0 Å². The third-order valence-electron chi connectivity index (χ3n) is 2.14. The Morgan fingerprint density at radius 3 is 2.00 bits per heavy atom. The van der Waals surface area contributed by atoms with Crippen LogP contribution in [0.15, 0.2) is 30.3 Å². The van der Waals surface area contributed by atoms with Crippen LogP contribution in [0.25, 0.3) is 0 Å². The Kier molecular flexibility index (Phi) is 6.89. The molecule has 0 bridgehead atoms. The quantitative estimate of drug-likeness (QED) is 0.696. The first kappa shape index (κ1) is 14.3. The fraction of sp³-hybridized carbons (Fsp3) is 0.333. The summed E-state index contributed by atoms with van der Waals surface area (Å²) in [6, 6.07) is 9.87. The van der Waals surface area contributed by atoms with Gasteiger partial charge in [0.15, 0.2) is 0 Å². The van der Waals surface area contributed by atoms with Crippen molar-refractivity contribution in [1.29, 1.82) is 0 Å². The zero-order chi connectivity index (χ0) is 9.73. The molecule has 0 radical (unpaired) electrons. The fourth-order valence-electron chi connectivity index (χ4n) is 1.30. The van der Waals surface area contributed by atoms with Crippen molar-refractivity contribution in [2.75, 3.05) is 20.4 Å². The van der Waals surface area contributed by atoms with E-state index in [0.29, 0.717) is 6.17 Å². The van der Waals surface area contributed by atoms with Crippen LogP contribution in [-0.2, 0) is 8.85 Å². The average Bonchev–Trinajstić information content (AvgIpc) is 2.23. The van der Waals surface area contributed by atoms with Gasteiger partial charge >= 0.3 is 38.1 Å². The molecule has 5 heteroatoms. The molecule has 0 heterocycles. The molecule has 0 unspecified atom stereocenters. The van der Waals surface area contributed by atoms with E-state index in [0.717, 1.165) is 5.19 Å². The molecule has 0 amide bonds. The first-order chi connectivity index (χ1) is 6.29. The third-order valence-corrected chi connectivity index (χ3v) is 5.21. The first-order valence-electron chi connectivity index (χ1n) is 4.15. The molecule has 0 atom stereocenters. The SMILES string of the molecule is CO[Si](CN)(OC)c1ccccc1.[NaH]. The van der Waals surface area contributed by atoms with E-state index in [2.05, 4.69) is 0 Å². The Hall–Kier alpha value is 0.317. The molecule has 0 fully saturated rings. The van der Waals surface area contributed by atoms with E-state index in [1.54, 1.807) is 14.2 Å². The maximum atomic E-state index is 5.67. The Labute approximate surface area is 108 Å². The Bertz CT molecular complexity index is 246. The maximum absolute atomic E-state index is 5.67. The third kappa shape index (κ3) is 2.90. The number of benzene rings is 1. The van der Waals surface area contributed by atoms with Crippen LogP contribution in [0.2, 0.25) is 0 Å². The molecular formula is C9H16NNaO2Si. The van der Waals surface area contributed by atoms with E-state index in [4.69, 9.17) is 14.6 Å². The number of rotatable bonds is 4. The standard InChI is InChI=1S/C9H15NO2Si.Na.H/c1-11-13(8-10,12-2)9-6-4-3-5-7-9;;/h3-7H,8,10H2,1-2H3;;. The van der Waals surface area contributed by atoms with E-state index < -0.39 is 8.56 Å². The fourth-order valence-corrected chi connectivity index (χ4v) is 3.20. The van der Waals surface area contributed by atoms with Gasteiger partial charge in [-0.25, -0.2) is 0 Å². The molecule has 0 aliphatic heterocycles. The molecular weight excluding hydrogens is 205 g/mol. The molecule has 14 heavy (non-hydrogen) atoms. The van der Waals surface area contributed by atoms with E-state index >= 15 is 0 Å². The molecule has 0 saturated carbocycles. The van der Waals surface area contributed by atoms with Gasteiger partial charge < -0.3 is 14.6 Å². The summed E-state index contributed by atoms with van der Waals surface area (Å²) in [7, 11) is 0.981. The van der Waals surface area contributed by atoms with Crippen LogP contribution in [0, 0.1) is 0 Å². The van der Waals surface area contributed by atoms with Crippen LogP contribution in [0.4, 0.5) is 0 Å². The zero-order valence-electron chi connectivity index (χ0n) is 7.99. The normalized spacial score (nSPS) is 10.8. The first-order valence-corrected chi connectivity index (χ1v) is 6.17. The molecule has 74 valence electrons. The summed E-state index contributed by atoms with van der Waals surface area (Å²) < 4.78 is 10.8. The summed E-state index contributed by atoms with van der Waals surface area (Å²) in [5, 5.41) is 1.07. The Balaban J connectivity index is 0.00000169. The van der Waals surface area contributed by atoms with Gasteiger partial charge in [-0.3, -0.25) is 0 Å². The minimum atomic E-state index is -2.32. The van der Waals surface area contributed by atoms with Gasteiger partial charge in [0.25, 0.3) is 0 Å². The van der Waals surface area contributed by atoms with Crippen molar-refractivity contribution in [3.05, 3.63) is 30.3 Å². The summed E-state index contributed by atoms with van der Waals surface area (Å²) in [5.41, 5.74) is 5.67. The summed E-state index contributed by atoms with van der Waals surface area (Å²) in [5.74, 6) is 0. The molecule has 1 aromatic rings. The second-order valence-corrected chi connectivity index (χ2v) is 6.04. The van der Waals surface area contributed by atoms with Gasteiger partial charge in [-0.2, -0.15) is 0 Å².